The highest BCUT2D eigenvalue weighted by Crippen LogP contribution is 2.21. The summed E-state index contributed by atoms with van der Waals surface area (Å²) < 4.78 is 59.2. The number of nitrogens with one attached hydrogen (secondary N) is 1. The SMILES string of the molecule is Cc1nc(OCCNS(=O)(=O)c2c(F)cccc2F)cc(N2CCCCC2)n1. The van der Waals surface area contributed by atoms with Crippen LogP contribution in [0.25, 0.3) is 0 Å². The molecule has 3 rings (SSSR count). The van der Waals surface area contributed by atoms with Crippen molar-refractivity contribution in [2.24, 2.45) is 0 Å². The topological polar surface area (TPSA) is 84.4 Å². The number of aromatic nitrogens is 2. The van der Waals surface area contributed by atoms with Crippen molar-refractivity contribution in [3.63, 3.8) is 0 Å². The summed E-state index contributed by atoms with van der Waals surface area (Å²) in [6.45, 7) is 3.38. The van der Waals surface area contributed by atoms with Gasteiger partial charge in [-0.1, -0.05) is 6.07 Å². The molecule has 1 fully saturated rings. The zero-order valence-corrected chi connectivity index (χ0v) is 16.3. The quantitative estimate of drug-likeness (QED) is 0.703. The summed E-state index contributed by atoms with van der Waals surface area (Å²) in [5, 5.41) is 0. The number of halogens is 2. The van der Waals surface area contributed by atoms with E-state index in [1.54, 1.807) is 13.0 Å². The summed E-state index contributed by atoms with van der Waals surface area (Å²) in [7, 11) is -4.33. The van der Waals surface area contributed by atoms with E-state index < -0.39 is 26.6 Å². The molecule has 1 saturated heterocycles. The molecule has 1 aromatic carbocycles. The Morgan fingerprint density at radius 1 is 1.14 bits per heavy atom. The monoisotopic (exact) mass is 412 g/mol. The van der Waals surface area contributed by atoms with Gasteiger partial charge in [-0.25, -0.2) is 26.9 Å². The van der Waals surface area contributed by atoms with Crippen LogP contribution in [0.1, 0.15) is 25.1 Å². The van der Waals surface area contributed by atoms with Gasteiger partial charge in [0.05, 0.1) is 0 Å². The molecule has 0 atom stereocenters. The van der Waals surface area contributed by atoms with Gasteiger partial charge < -0.3 is 9.64 Å². The molecule has 0 radical (unpaired) electrons. The van der Waals surface area contributed by atoms with Crippen LogP contribution in [-0.2, 0) is 10.0 Å². The second-order valence-corrected chi connectivity index (χ2v) is 8.16. The molecule has 1 aromatic heterocycles. The number of nitrogens with zero attached hydrogens (tertiary/aromatic N) is 3. The summed E-state index contributed by atoms with van der Waals surface area (Å²) in [5.41, 5.74) is 0. The molecule has 0 aliphatic carbocycles. The van der Waals surface area contributed by atoms with Gasteiger partial charge in [0, 0.05) is 25.7 Å². The van der Waals surface area contributed by atoms with Crippen LogP contribution in [-0.4, -0.2) is 44.6 Å². The maximum Gasteiger partial charge on any atom is 0.246 e. The first-order valence-electron chi connectivity index (χ1n) is 9.04. The van der Waals surface area contributed by atoms with Gasteiger partial charge in [0.25, 0.3) is 0 Å². The van der Waals surface area contributed by atoms with Gasteiger partial charge >= 0.3 is 0 Å². The lowest BCUT2D eigenvalue weighted by Gasteiger charge is -2.28. The average molecular weight is 412 g/mol. The van der Waals surface area contributed by atoms with Crippen LogP contribution in [0, 0.1) is 18.6 Å². The Balaban J connectivity index is 1.60. The first kappa shape index (κ1) is 20.4. The molecule has 2 heterocycles. The van der Waals surface area contributed by atoms with E-state index in [1.807, 2.05) is 0 Å². The molecule has 0 unspecified atom stereocenters. The van der Waals surface area contributed by atoms with E-state index >= 15 is 0 Å². The molecule has 0 bridgehead atoms. The zero-order chi connectivity index (χ0) is 20.1. The maximum absolute atomic E-state index is 13.7. The Kier molecular flexibility index (Phi) is 6.40. The minimum Gasteiger partial charge on any atom is -0.476 e. The van der Waals surface area contributed by atoms with E-state index in [0.717, 1.165) is 49.9 Å². The Morgan fingerprint density at radius 2 is 1.82 bits per heavy atom. The van der Waals surface area contributed by atoms with E-state index in [1.165, 1.54) is 6.42 Å². The second-order valence-electron chi connectivity index (χ2n) is 6.46. The highest BCUT2D eigenvalue weighted by Gasteiger charge is 2.23. The second kappa shape index (κ2) is 8.78. The Labute approximate surface area is 162 Å². The van der Waals surface area contributed by atoms with Crippen LogP contribution in [0.4, 0.5) is 14.6 Å². The van der Waals surface area contributed by atoms with Gasteiger partial charge in [0.2, 0.25) is 15.9 Å². The Bertz CT molecular complexity index is 914. The average Bonchev–Trinajstić information content (AvgIpc) is 2.65. The maximum atomic E-state index is 13.7. The molecular weight excluding hydrogens is 390 g/mol. The first-order chi connectivity index (χ1) is 13.4. The smallest absolute Gasteiger partial charge is 0.246 e. The number of anilines is 1. The van der Waals surface area contributed by atoms with E-state index in [0.29, 0.717) is 11.7 Å². The van der Waals surface area contributed by atoms with Gasteiger partial charge in [-0.2, -0.15) is 4.98 Å². The third kappa shape index (κ3) is 4.93. The lowest BCUT2D eigenvalue weighted by Crippen LogP contribution is -2.31. The summed E-state index contributed by atoms with van der Waals surface area (Å²) in [6.07, 6.45) is 3.41. The molecule has 28 heavy (non-hydrogen) atoms. The van der Waals surface area contributed by atoms with Crippen molar-refractivity contribution in [3.05, 3.63) is 41.7 Å². The lowest BCUT2D eigenvalue weighted by atomic mass is 10.1. The summed E-state index contributed by atoms with van der Waals surface area (Å²) in [6, 6.07) is 4.59. The molecule has 0 amide bonds. The summed E-state index contributed by atoms with van der Waals surface area (Å²) in [4.78, 5) is 9.78. The number of sulfonamides is 1. The number of piperidine rings is 1. The minimum absolute atomic E-state index is 0.0504. The number of hydrogen-bond donors (Lipinski definition) is 1. The molecule has 10 heteroatoms. The van der Waals surface area contributed by atoms with Crippen LogP contribution >= 0.6 is 0 Å². The Hall–Kier alpha value is -2.33. The standard InChI is InChI=1S/C18H22F2N4O3S/c1-13-22-16(24-9-3-2-4-10-24)12-17(23-13)27-11-8-21-28(25,26)18-14(19)6-5-7-15(18)20/h5-7,12,21H,2-4,8-11H2,1H3. The summed E-state index contributed by atoms with van der Waals surface area (Å²) in [5.74, 6) is -0.648. The van der Waals surface area contributed by atoms with Gasteiger partial charge in [0.1, 0.15) is 29.9 Å². The van der Waals surface area contributed by atoms with Crippen molar-refractivity contribution >= 4 is 15.8 Å². The minimum atomic E-state index is -4.33. The van der Waals surface area contributed by atoms with Gasteiger partial charge in [-0.05, 0) is 38.3 Å². The highest BCUT2D eigenvalue weighted by molar-refractivity contribution is 7.89. The molecular formula is C18H22F2N4O3S. The van der Waals surface area contributed by atoms with E-state index in [4.69, 9.17) is 4.74 Å². The van der Waals surface area contributed by atoms with Gasteiger partial charge in [0.15, 0.2) is 4.90 Å². The molecule has 7 nitrogen and oxygen atoms in total. The number of ether oxygens (including phenoxy) is 1. The molecule has 1 aliphatic rings. The van der Waals surface area contributed by atoms with Crippen LogP contribution in [0.2, 0.25) is 0 Å². The fraction of sp³-hybridized carbons (Fsp3) is 0.444. The van der Waals surface area contributed by atoms with E-state index in [9.17, 15) is 17.2 Å². The Morgan fingerprint density at radius 3 is 2.50 bits per heavy atom. The highest BCUT2D eigenvalue weighted by atomic mass is 32.2. The van der Waals surface area contributed by atoms with Crippen LogP contribution in [0.3, 0.4) is 0 Å². The van der Waals surface area contributed by atoms with Crippen molar-refractivity contribution in [2.75, 3.05) is 31.1 Å². The third-order valence-corrected chi connectivity index (χ3v) is 5.82. The first-order valence-corrected chi connectivity index (χ1v) is 10.5. The van der Waals surface area contributed by atoms with E-state index in [2.05, 4.69) is 19.6 Å². The molecule has 0 saturated carbocycles. The normalized spacial score (nSPS) is 14.9. The predicted molar refractivity (Wildman–Crippen MR) is 99.9 cm³/mol. The predicted octanol–water partition coefficient (Wildman–Crippen LogP) is 2.41. The van der Waals surface area contributed by atoms with Crippen molar-refractivity contribution < 1.29 is 21.9 Å². The number of benzene rings is 1. The van der Waals surface area contributed by atoms with Gasteiger partial charge in [-0.15, -0.1) is 0 Å². The van der Waals surface area contributed by atoms with Crippen molar-refractivity contribution in [1.29, 1.82) is 0 Å². The van der Waals surface area contributed by atoms with Gasteiger partial charge in [-0.3, -0.25) is 0 Å². The zero-order valence-electron chi connectivity index (χ0n) is 15.5. The number of aryl methyl sites for hydroxylation is 1. The molecule has 1 N–H and O–H groups in total. The van der Waals surface area contributed by atoms with Crippen LogP contribution in [0.5, 0.6) is 5.88 Å². The fourth-order valence-electron chi connectivity index (χ4n) is 3.03. The van der Waals surface area contributed by atoms with Crippen molar-refractivity contribution in [3.8, 4) is 5.88 Å². The van der Waals surface area contributed by atoms with E-state index in [-0.39, 0.29) is 13.2 Å². The third-order valence-electron chi connectivity index (χ3n) is 4.31. The number of rotatable bonds is 7. The summed E-state index contributed by atoms with van der Waals surface area (Å²) >= 11 is 0. The van der Waals surface area contributed by atoms with Crippen molar-refractivity contribution in [1.82, 2.24) is 14.7 Å². The lowest BCUT2D eigenvalue weighted by molar-refractivity contribution is 0.309. The molecule has 0 spiro atoms. The van der Waals surface area contributed by atoms with Crippen LogP contribution < -0.4 is 14.4 Å². The molecule has 1 aliphatic heterocycles. The molecule has 152 valence electrons. The molecule has 2 aromatic rings. The largest absolute Gasteiger partial charge is 0.476 e. The number of hydrogen-bond acceptors (Lipinski definition) is 6. The fourth-order valence-corrected chi connectivity index (χ4v) is 4.17. The van der Waals surface area contributed by atoms with Crippen LogP contribution in [0.15, 0.2) is 29.2 Å². The van der Waals surface area contributed by atoms with Crippen molar-refractivity contribution in [2.45, 2.75) is 31.1 Å².